The normalized spacial score (nSPS) is 11.6. The van der Waals surface area contributed by atoms with E-state index in [9.17, 15) is 9.59 Å². The van der Waals surface area contributed by atoms with E-state index in [1.807, 2.05) is 49.4 Å². The number of rotatable bonds is 6. The lowest BCUT2D eigenvalue weighted by Gasteiger charge is -2.15. The molecule has 3 rings (SSSR count). The van der Waals surface area contributed by atoms with Crippen LogP contribution in [0.4, 0.5) is 0 Å². The highest BCUT2D eigenvalue weighted by Gasteiger charge is 2.12. The summed E-state index contributed by atoms with van der Waals surface area (Å²) in [5.41, 5.74) is 1.92. The maximum absolute atomic E-state index is 12.3. The maximum atomic E-state index is 12.3. The molecular weight excluding hydrogens is 330 g/mol. The lowest BCUT2D eigenvalue weighted by Crippen LogP contribution is -2.27. The summed E-state index contributed by atoms with van der Waals surface area (Å²) in [4.78, 5) is 30.1. The molecule has 0 aliphatic rings. The summed E-state index contributed by atoms with van der Waals surface area (Å²) < 4.78 is 5.77. The van der Waals surface area contributed by atoms with E-state index in [1.165, 1.54) is 18.3 Å². The number of carbonyl (C=O) groups excluding carboxylic acids is 1. The Kier molecular flexibility index (Phi) is 5.43. The van der Waals surface area contributed by atoms with Crippen molar-refractivity contribution in [1.82, 2.24) is 15.3 Å². The van der Waals surface area contributed by atoms with Crippen LogP contribution in [-0.4, -0.2) is 15.9 Å². The van der Waals surface area contributed by atoms with Gasteiger partial charge in [-0.25, -0.2) is 0 Å². The van der Waals surface area contributed by atoms with E-state index in [1.54, 1.807) is 6.20 Å². The lowest BCUT2D eigenvalue weighted by molar-refractivity contribution is 0.0939. The van der Waals surface area contributed by atoms with E-state index in [0.717, 1.165) is 11.3 Å². The number of ether oxygens (including phenoxy) is 1. The monoisotopic (exact) mass is 349 g/mol. The van der Waals surface area contributed by atoms with Crippen molar-refractivity contribution in [2.45, 2.75) is 19.6 Å². The zero-order chi connectivity index (χ0) is 18.4. The second kappa shape index (κ2) is 8.11. The van der Waals surface area contributed by atoms with E-state index in [-0.39, 0.29) is 17.5 Å². The third kappa shape index (κ3) is 4.57. The molecule has 0 aliphatic carbocycles. The van der Waals surface area contributed by atoms with Crippen LogP contribution >= 0.6 is 0 Å². The van der Waals surface area contributed by atoms with Crippen molar-refractivity contribution in [3.8, 4) is 5.75 Å². The minimum atomic E-state index is -0.256. The van der Waals surface area contributed by atoms with E-state index in [2.05, 4.69) is 15.3 Å². The lowest BCUT2D eigenvalue weighted by atomic mass is 10.1. The maximum Gasteiger partial charge on any atom is 0.253 e. The molecule has 0 radical (unpaired) electrons. The summed E-state index contributed by atoms with van der Waals surface area (Å²) in [5, 5.41) is 2.90. The molecule has 132 valence electrons. The van der Waals surface area contributed by atoms with Gasteiger partial charge in [0.2, 0.25) is 5.56 Å². The topological polar surface area (TPSA) is 84.1 Å². The molecule has 0 saturated carbocycles. The Morgan fingerprint density at radius 3 is 2.81 bits per heavy atom. The quantitative estimate of drug-likeness (QED) is 0.717. The SMILES string of the molecule is C[C@@H](NC(=O)c1ccc(=O)[nH]c1)c1cccc(OCc2ccccn2)c1. The summed E-state index contributed by atoms with van der Waals surface area (Å²) in [6.45, 7) is 2.27. The first kappa shape index (κ1) is 17.4. The van der Waals surface area contributed by atoms with Gasteiger partial charge in [-0.2, -0.15) is 0 Å². The van der Waals surface area contributed by atoms with Crippen LogP contribution in [0.5, 0.6) is 5.75 Å². The van der Waals surface area contributed by atoms with Gasteiger partial charge in [0.1, 0.15) is 12.4 Å². The molecule has 1 atom stereocenters. The largest absolute Gasteiger partial charge is 0.487 e. The minimum absolute atomic E-state index is 0.215. The van der Waals surface area contributed by atoms with Crippen LogP contribution in [0.15, 0.2) is 71.8 Å². The first-order valence-electron chi connectivity index (χ1n) is 8.24. The van der Waals surface area contributed by atoms with Crippen molar-refractivity contribution in [2.24, 2.45) is 0 Å². The van der Waals surface area contributed by atoms with Crippen LogP contribution in [0.3, 0.4) is 0 Å². The Morgan fingerprint density at radius 1 is 1.19 bits per heavy atom. The third-order valence-electron chi connectivity index (χ3n) is 3.86. The standard InChI is InChI=1S/C20H19N3O3/c1-14(23-20(25)16-8-9-19(24)22-12-16)15-5-4-7-18(11-15)26-13-17-6-2-3-10-21-17/h2-12,14H,13H2,1H3,(H,22,24)(H,23,25)/t14-/m1/s1. The van der Waals surface area contributed by atoms with Gasteiger partial charge in [0.25, 0.3) is 5.91 Å². The molecule has 2 aromatic heterocycles. The molecule has 3 aromatic rings. The minimum Gasteiger partial charge on any atom is -0.487 e. The number of nitrogens with zero attached hydrogens (tertiary/aromatic N) is 1. The summed E-state index contributed by atoms with van der Waals surface area (Å²) in [6, 6.07) is 15.8. The average molecular weight is 349 g/mol. The van der Waals surface area contributed by atoms with Gasteiger partial charge >= 0.3 is 0 Å². The van der Waals surface area contributed by atoms with Gasteiger partial charge < -0.3 is 15.0 Å². The average Bonchev–Trinajstić information content (AvgIpc) is 2.68. The number of benzene rings is 1. The van der Waals surface area contributed by atoms with Crippen LogP contribution in [0.25, 0.3) is 0 Å². The predicted molar refractivity (Wildman–Crippen MR) is 98.0 cm³/mol. The van der Waals surface area contributed by atoms with E-state index in [4.69, 9.17) is 4.74 Å². The van der Waals surface area contributed by atoms with Gasteiger partial charge in [0.05, 0.1) is 17.3 Å². The number of H-pyrrole nitrogens is 1. The van der Waals surface area contributed by atoms with Crippen molar-refractivity contribution >= 4 is 5.91 Å². The number of pyridine rings is 2. The Morgan fingerprint density at radius 2 is 2.08 bits per heavy atom. The van der Waals surface area contributed by atoms with Crippen molar-refractivity contribution in [3.63, 3.8) is 0 Å². The Balaban J connectivity index is 1.64. The molecule has 0 saturated heterocycles. The summed E-state index contributed by atoms with van der Waals surface area (Å²) in [7, 11) is 0. The molecule has 1 amide bonds. The van der Waals surface area contributed by atoms with Crippen molar-refractivity contribution in [3.05, 3.63) is 94.2 Å². The molecule has 2 heterocycles. The van der Waals surface area contributed by atoms with Crippen LogP contribution in [0.2, 0.25) is 0 Å². The third-order valence-corrected chi connectivity index (χ3v) is 3.86. The second-order valence-corrected chi connectivity index (χ2v) is 5.82. The number of amides is 1. The predicted octanol–water partition coefficient (Wildman–Crippen LogP) is 2.84. The molecule has 26 heavy (non-hydrogen) atoms. The van der Waals surface area contributed by atoms with Gasteiger partial charge in [-0.3, -0.25) is 14.6 Å². The molecule has 0 spiro atoms. The first-order valence-corrected chi connectivity index (χ1v) is 8.24. The van der Waals surface area contributed by atoms with Crippen molar-refractivity contribution in [2.75, 3.05) is 0 Å². The first-order chi connectivity index (χ1) is 12.6. The molecule has 0 fully saturated rings. The molecule has 1 aromatic carbocycles. The van der Waals surface area contributed by atoms with Gasteiger partial charge in [0, 0.05) is 18.5 Å². The number of nitrogens with one attached hydrogen (secondary N) is 2. The zero-order valence-corrected chi connectivity index (χ0v) is 14.3. The van der Waals surface area contributed by atoms with Gasteiger partial charge in [0.15, 0.2) is 0 Å². The van der Waals surface area contributed by atoms with Crippen LogP contribution in [0, 0.1) is 0 Å². The zero-order valence-electron chi connectivity index (χ0n) is 14.3. The van der Waals surface area contributed by atoms with Gasteiger partial charge in [-0.05, 0) is 42.8 Å². The van der Waals surface area contributed by atoms with Crippen LogP contribution in [-0.2, 0) is 6.61 Å². The van der Waals surface area contributed by atoms with E-state index >= 15 is 0 Å². The summed E-state index contributed by atoms with van der Waals surface area (Å²) in [6.07, 6.45) is 3.13. The highest BCUT2D eigenvalue weighted by molar-refractivity contribution is 5.94. The molecule has 6 heteroatoms. The van der Waals surface area contributed by atoms with Crippen molar-refractivity contribution in [1.29, 1.82) is 0 Å². The number of aromatic nitrogens is 2. The fourth-order valence-corrected chi connectivity index (χ4v) is 2.43. The Bertz CT molecular complexity index is 918. The molecule has 0 unspecified atom stereocenters. The fourth-order valence-electron chi connectivity index (χ4n) is 2.43. The number of hydrogen-bond donors (Lipinski definition) is 2. The van der Waals surface area contributed by atoms with E-state index in [0.29, 0.717) is 17.9 Å². The van der Waals surface area contributed by atoms with Gasteiger partial charge in [-0.15, -0.1) is 0 Å². The highest BCUT2D eigenvalue weighted by Crippen LogP contribution is 2.20. The number of aromatic amines is 1. The fraction of sp³-hybridized carbons (Fsp3) is 0.150. The van der Waals surface area contributed by atoms with Crippen LogP contribution < -0.4 is 15.6 Å². The van der Waals surface area contributed by atoms with Crippen molar-refractivity contribution < 1.29 is 9.53 Å². The van der Waals surface area contributed by atoms with E-state index < -0.39 is 0 Å². The highest BCUT2D eigenvalue weighted by atomic mass is 16.5. The number of carbonyl (C=O) groups is 1. The summed E-state index contributed by atoms with van der Waals surface area (Å²) >= 11 is 0. The molecule has 0 aliphatic heterocycles. The Hall–Kier alpha value is -3.41. The number of hydrogen-bond acceptors (Lipinski definition) is 4. The van der Waals surface area contributed by atoms with Crippen LogP contribution in [0.1, 0.15) is 34.6 Å². The smallest absolute Gasteiger partial charge is 0.253 e. The molecule has 2 N–H and O–H groups in total. The molecule has 6 nitrogen and oxygen atoms in total. The second-order valence-electron chi connectivity index (χ2n) is 5.82. The molecule has 0 bridgehead atoms. The molecular formula is C20H19N3O3. The van der Waals surface area contributed by atoms with Gasteiger partial charge in [-0.1, -0.05) is 18.2 Å². The summed E-state index contributed by atoms with van der Waals surface area (Å²) in [5.74, 6) is 0.451. The Labute approximate surface area is 150 Å².